The van der Waals surface area contributed by atoms with Crippen LogP contribution in [-0.2, 0) is 0 Å². The molecule has 1 aliphatic rings. The lowest BCUT2D eigenvalue weighted by atomic mass is 9.79. The average molecular weight is 182 g/mol. The van der Waals surface area contributed by atoms with Gasteiger partial charge in [0.25, 0.3) is 0 Å². The molecule has 1 rings (SSSR count). The van der Waals surface area contributed by atoms with E-state index in [1.807, 2.05) is 0 Å². The van der Waals surface area contributed by atoms with E-state index in [4.69, 9.17) is 0 Å². The second-order valence-electron chi connectivity index (χ2n) is 5.27. The fourth-order valence-electron chi connectivity index (χ4n) is 2.46. The van der Waals surface area contributed by atoms with Crippen LogP contribution in [0, 0.1) is 17.3 Å². The lowest BCUT2D eigenvalue weighted by Crippen LogP contribution is -2.14. The van der Waals surface area contributed by atoms with Crippen LogP contribution in [0.5, 0.6) is 0 Å². The van der Waals surface area contributed by atoms with E-state index in [0.717, 1.165) is 11.8 Å². The standard InChI is InChI=1S/C13H26/c1-5-8-11-9-12(11)10-13(4,6-2)7-3/h11-12H,5-10H2,1-4H3. The Morgan fingerprint density at radius 2 is 1.69 bits per heavy atom. The first-order chi connectivity index (χ1) is 6.15. The van der Waals surface area contributed by atoms with Crippen molar-refractivity contribution < 1.29 is 0 Å². The molecule has 13 heavy (non-hydrogen) atoms. The van der Waals surface area contributed by atoms with Gasteiger partial charge in [-0.05, 0) is 30.1 Å². The van der Waals surface area contributed by atoms with E-state index < -0.39 is 0 Å². The second-order valence-corrected chi connectivity index (χ2v) is 5.27. The highest BCUT2D eigenvalue weighted by Gasteiger charge is 2.39. The fourth-order valence-corrected chi connectivity index (χ4v) is 2.46. The van der Waals surface area contributed by atoms with E-state index in [9.17, 15) is 0 Å². The largest absolute Gasteiger partial charge is 0.0654 e. The summed E-state index contributed by atoms with van der Waals surface area (Å²) in [6.07, 6.45) is 8.61. The lowest BCUT2D eigenvalue weighted by molar-refractivity contribution is 0.250. The van der Waals surface area contributed by atoms with Crippen molar-refractivity contribution in [3.8, 4) is 0 Å². The van der Waals surface area contributed by atoms with Crippen LogP contribution in [0.25, 0.3) is 0 Å². The summed E-state index contributed by atoms with van der Waals surface area (Å²) in [6.45, 7) is 9.48. The zero-order chi connectivity index (χ0) is 9.90. The van der Waals surface area contributed by atoms with E-state index >= 15 is 0 Å². The predicted molar refractivity (Wildman–Crippen MR) is 59.8 cm³/mol. The van der Waals surface area contributed by atoms with Crippen LogP contribution in [0.15, 0.2) is 0 Å². The smallest absolute Gasteiger partial charge is 0.0328 e. The lowest BCUT2D eigenvalue weighted by Gasteiger charge is -2.26. The third-order valence-electron chi connectivity index (χ3n) is 4.19. The maximum atomic E-state index is 2.47. The first-order valence-electron chi connectivity index (χ1n) is 6.15. The van der Waals surface area contributed by atoms with Gasteiger partial charge in [0.15, 0.2) is 0 Å². The van der Waals surface area contributed by atoms with Gasteiger partial charge in [-0.1, -0.05) is 53.4 Å². The molecule has 1 aliphatic carbocycles. The monoisotopic (exact) mass is 182 g/mol. The topological polar surface area (TPSA) is 0 Å². The summed E-state index contributed by atoms with van der Waals surface area (Å²) in [7, 11) is 0. The van der Waals surface area contributed by atoms with Gasteiger partial charge in [0.2, 0.25) is 0 Å². The minimum Gasteiger partial charge on any atom is -0.0654 e. The summed E-state index contributed by atoms with van der Waals surface area (Å²) in [4.78, 5) is 0. The molecule has 2 atom stereocenters. The normalized spacial score (nSPS) is 27.7. The number of hydrogen-bond donors (Lipinski definition) is 0. The third-order valence-corrected chi connectivity index (χ3v) is 4.19. The maximum absolute atomic E-state index is 2.47. The van der Waals surface area contributed by atoms with Crippen LogP contribution in [0.4, 0.5) is 0 Å². The molecule has 0 aromatic rings. The summed E-state index contributed by atoms with van der Waals surface area (Å²) < 4.78 is 0. The van der Waals surface area contributed by atoms with Crippen molar-refractivity contribution >= 4 is 0 Å². The molecule has 0 saturated heterocycles. The van der Waals surface area contributed by atoms with Crippen molar-refractivity contribution in [2.24, 2.45) is 17.3 Å². The van der Waals surface area contributed by atoms with Gasteiger partial charge in [-0.2, -0.15) is 0 Å². The Kier molecular flexibility index (Phi) is 3.82. The van der Waals surface area contributed by atoms with Crippen molar-refractivity contribution in [3.63, 3.8) is 0 Å². The molecule has 0 nitrogen and oxygen atoms in total. The molecular weight excluding hydrogens is 156 g/mol. The van der Waals surface area contributed by atoms with Gasteiger partial charge in [0.1, 0.15) is 0 Å². The Hall–Kier alpha value is 0. The minimum atomic E-state index is 0.646. The zero-order valence-corrected chi connectivity index (χ0v) is 9.90. The van der Waals surface area contributed by atoms with E-state index in [1.54, 1.807) is 0 Å². The molecular formula is C13H26. The summed E-state index contributed by atoms with van der Waals surface area (Å²) >= 11 is 0. The summed E-state index contributed by atoms with van der Waals surface area (Å²) in [5, 5.41) is 0. The van der Waals surface area contributed by atoms with Gasteiger partial charge < -0.3 is 0 Å². The number of rotatable bonds is 6. The quantitative estimate of drug-likeness (QED) is 0.561. The highest BCUT2D eigenvalue weighted by atomic mass is 14.4. The van der Waals surface area contributed by atoms with Gasteiger partial charge in [0.05, 0.1) is 0 Å². The molecule has 0 bridgehead atoms. The van der Waals surface area contributed by atoms with E-state index in [1.165, 1.54) is 38.5 Å². The molecule has 0 amide bonds. The Labute approximate surface area is 84.1 Å². The Morgan fingerprint density at radius 3 is 2.15 bits per heavy atom. The average Bonchev–Trinajstić information content (AvgIpc) is 2.84. The van der Waals surface area contributed by atoms with Crippen LogP contribution >= 0.6 is 0 Å². The maximum Gasteiger partial charge on any atom is -0.0328 e. The highest BCUT2D eigenvalue weighted by molar-refractivity contribution is 4.90. The molecule has 2 unspecified atom stereocenters. The van der Waals surface area contributed by atoms with Gasteiger partial charge >= 0.3 is 0 Å². The summed E-state index contributed by atoms with van der Waals surface area (Å²) in [5.74, 6) is 2.19. The second kappa shape index (κ2) is 4.48. The molecule has 1 saturated carbocycles. The van der Waals surface area contributed by atoms with Crippen molar-refractivity contribution in [2.45, 2.75) is 66.2 Å². The first-order valence-corrected chi connectivity index (χ1v) is 6.15. The van der Waals surface area contributed by atoms with Crippen molar-refractivity contribution in [2.75, 3.05) is 0 Å². The van der Waals surface area contributed by atoms with Crippen LogP contribution < -0.4 is 0 Å². The van der Waals surface area contributed by atoms with Gasteiger partial charge in [-0.25, -0.2) is 0 Å². The molecule has 0 aromatic carbocycles. The molecule has 0 aromatic heterocycles. The fraction of sp³-hybridized carbons (Fsp3) is 1.00. The molecule has 0 radical (unpaired) electrons. The van der Waals surface area contributed by atoms with Gasteiger partial charge in [-0.3, -0.25) is 0 Å². The Bertz CT molecular complexity index is 144. The number of hydrogen-bond acceptors (Lipinski definition) is 0. The SMILES string of the molecule is CCCC1CC1CC(C)(CC)CC. The highest BCUT2D eigenvalue weighted by Crippen LogP contribution is 2.50. The summed E-state index contributed by atoms with van der Waals surface area (Å²) in [5.41, 5.74) is 0.646. The molecule has 0 spiro atoms. The van der Waals surface area contributed by atoms with E-state index in [2.05, 4.69) is 27.7 Å². The van der Waals surface area contributed by atoms with Crippen LogP contribution in [0.3, 0.4) is 0 Å². The minimum absolute atomic E-state index is 0.646. The molecule has 0 heteroatoms. The third kappa shape index (κ3) is 3.00. The van der Waals surface area contributed by atoms with Crippen LogP contribution in [0.2, 0.25) is 0 Å². The van der Waals surface area contributed by atoms with Gasteiger partial charge in [-0.15, -0.1) is 0 Å². The first kappa shape index (κ1) is 11.1. The molecule has 0 heterocycles. The van der Waals surface area contributed by atoms with E-state index in [-0.39, 0.29) is 0 Å². The van der Waals surface area contributed by atoms with Crippen molar-refractivity contribution in [3.05, 3.63) is 0 Å². The molecule has 0 N–H and O–H groups in total. The predicted octanol–water partition coefficient (Wildman–Crippen LogP) is 4.64. The molecule has 1 fully saturated rings. The van der Waals surface area contributed by atoms with E-state index in [0.29, 0.717) is 5.41 Å². The zero-order valence-electron chi connectivity index (χ0n) is 9.90. The van der Waals surface area contributed by atoms with Crippen molar-refractivity contribution in [1.29, 1.82) is 0 Å². The Morgan fingerprint density at radius 1 is 1.08 bits per heavy atom. The summed E-state index contributed by atoms with van der Waals surface area (Å²) in [6, 6.07) is 0. The molecule has 0 aliphatic heterocycles. The Balaban J connectivity index is 2.25. The van der Waals surface area contributed by atoms with Gasteiger partial charge in [0, 0.05) is 0 Å². The van der Waals surface area contributed by atoms with Crippen LogP contribution in [0.1, 0.15) is 66.2 Å². The molecule has 78 valence electrons. The van der Waals surface area contributed by atoms with Crippen LogP contribution in [-0.4, -0.2) is 0 Å². The van der Waals surface area contributed by atoms with Crippen molar-refractivity contribution in [1.82, 2.24) is 0 Å².